The maximum Gasteiger partial charge on any atom is 0.277 e. The van der Waals surface area contributed by atoms with E-state index in [1.165, 1.54) is 20.3 Å². The van der Waals surface area contributed by atoms with E-state index in [0.717, 1.165) is 4.90 Å². The van der Waals surface area contributed by atoms with Crippen LogP contribution in [0.25, 0.3) is 0 Å². The number of benzene rings is 1. The van der Waals surface area contributed by atoms with Crippen molar-refractivity contribution in [3.63, 3.8) is 0 Å². The average Bonchev–Trinajstić information content (AvgIpc) is 2.79. The van der Waals surface area contributed by atoms with Crippen molar-refractivity contribution in [1.29, 1.82) is 0 Å². The second kappa shape index (κ2) is 6.95. The van der Waals surface area contributed by atoms with Gasteiger partial charge in [0.05, 0.1) is 33.1 Å². The Balaban J connectivity index is 2.19. The molecule has 1 aliphatic heterocycles. The van der Waals surface area contributed by atoms with Crippen LogP contribution in [0.1, 0.15) is 0 Å². The molecule has 0 fully saturated rings. The Morgan fingerprint density at radius 2 is 1.91 bits per heavy atom. The van der Waals surface area contributed by atoms with Gasteiger partial charge in [0.25, 0.3) is 11.8 Å². The first kappa shape index (κ1) is 15.8. The lowest BCUT2D eigenvalue weighted by Gasteiger charge is -2.15. The molecule has 7 nitrogen and oxygen atoms in total. The van der Waals surface area contributed by atoms with E-state index in [9.17, 15) is 9.59 Å². The Morgan fingerprint density at radius 1 is 1.14 bits per heavy atom. The third kappa shape index (κ3) is 3.20. The fraction of sp³-hybridized carbons (Fsp3) is 0.333. The smallest absolute Gasteiger partial charge is 0.277 e. The summed E-state index contributed by atoms with van der Waals surface area (Å²) >= 11 is 0. The van der Waals surface area contributed by atoms with Crippen LogP contribution in [0, 0.1) is 0 Å². The van der Waals surface area contributed by atoms with Crippen LogP contribution in [0.3, 0.4) is 0 Å². The number of nitrogens with one attached hydrogen (secondary N) is 1. The summed E-state index contributed by atoms with van der Waals surface area (Å²) in [6, 6.07) is 5.14. The van der Waals surface area contributed by atoms with Gasteiger partial charge in [0.2, 0.25) is 0 Å². The van der Waals surface area contributed by atoms with E-state index in [4.69, 9.17) is 14.2 Å². The van der Waals surface area contributed by atoms with Crippen molar-refractivity contribution in [2.45, 2.75) is 0 Å². The number of hydrogen-bond acceptors (Lipinski definition) is 6. The lowest BCUT2D eigenvalue weighted by Crippen LogP contribution is -2.34. The SMILES string of the molecule is COCCN1C(=O)C=C(Nc2cc(OC)ccc2OC)C1=O. The fourth-order valence-corrected chi connectivity index (χ4v) is 2.05. The molecule has 0 saturated heterocycles. The molecule has 1 aliphatic rings. The largest absolute Gasteiger partial charge is 0.497 e. The molecular formula is C15H18N2O5. The van der Waals surface area contributed by atoms with Crippen LogP contribution in [0.2, 0.25) is 0 Å². The van der Waals surface area contributed by atoms with Gasteiger partial charge in [-0.2, -0.15) is 0 Å². The maximum absolute atomic E-state index is 12.2. The lowest BCUT2D eigenvalue weighted by atomic mass is 10.2. The van der Waals surface area contributed by atoms with Crippen molar-refractivity contribution in [3.05, 3.63) is 30.0 Å². The summed E-state index contributed by atoms with van der Waals surface area (Å²) in [5.74, 6) is 0.382. The van der Waals surface area contributed by atoms with Gasteiger partial charge >= 0.3 is 0 Å². The third-order valence-electron chi connectivity index (χ3n) is 3.20. The quantitative estimate of drug-likeness (QED) is 0.758. The molecule has 118 valence electrons. The van der Waals surface area contributed by atoms with Gasteiger partial charge in [-0.1, -0.05) is 0 Å². The molecule has 0 bridgehead atoms. The Kier molecular flexibility index (Phi) is 5.00. The zero-order valence-corrected chi connectivity index (χ0v) is 12.7. The zero-order valence-electron chi connectivity index (χ0n) is 12.7. The van der Waals surface area contributed by atoms with Gasteiger partial charge in [0, 0.05) is 19.3 Å². The van der Waals surface area contributed by atoms with E-state index < -0.39 is 5.91 Å². The van der Waals surface area contributed by atoms with Crippen LogP contribution in [0.15, 0.2) is 30.0 Å². The minimum absolute atomic E-state index is 0.188. The number of methoxy groups -OCH3 is 3. The maximum atomic E-state index is 12.2. The summed E-state index contributed by atoms with van der Waals surface area (Å²) in [6.07, 6.45) is 1.26. The zero-order chi connectivity index (χ0) is 16.1. The molecule has 1 aromatic rings. The van der Waals surface area contributed by atoms with Crippen LogP contribution in [-0.2, 0) is 14.3 Å². The van der Waals surface area contributed by atoms with E-state index in [1.54, 1.807) is 25.3 Å². The molecule has 1 heterocycles. The standard InChI is InChI=1S/C15H18N2O5/c1-20-7-6-17-14(18)9-12(15(17)19)16-11-8-10(21-2)4-5-13(11)22-3/h4-5,8-9,16H,6-7H2,1-3H3. The summed E-state index contributed by atoms with van der Waals surface area (Å²) in [7, 11) is 4.58. The number of hydrogen-bond donors (Lipinski definition) is 1. The predicted octanol–water partition coefficient (Wildman–Crippen LogP) is 1.01. The minimum Gasteiger partial charge on any atom is -0.497 e. The van der Waals surface area contributed by atoms with Crippen molar-refractivity contribution in [3.8, 4) is 11.5 Å². The van der Waals surface area contributed by atoms with Crippen LogP contribution < -0.4 is 14.8 Å². The van der Waals surface area contributed by atoms with Crippen LogP contribution in [0.5, 0.6) is 11.5 Å². The molecule has 0 radical (unpaired) electrons. The molecule has 2 amide bonds. The van der Waals surface area contributed by atoms with E-state index in [0.29, 0.717) is 23.8 Å². The Hall–Kier alpha value is -2.54. The summed E-state index contributed by atoms with van der Waals surface area (Å²) in [4.78, 5) is 25.2. The molecule has 7 heteroatoms. The van der Waals surface area contributed by atoms with Crippen LogP contribution in [0.4, 0.5) is 5.69 Å². The van der Waals surface area contributed by atoms with Gasteiger partial charge in [-0.3, -0.25) is 14.5 Å². The summed E-state index contributed by atoms with van der Waals surface area (Å²) in [5.41, 5.74) is 0.732. The molecule has 0 aromatic heterocycles. The van der Waals surface area contributed by atoms with Crippen LogP contribution >= 0.6 is 0 Å². The molecule has 1 aromatic carbocycles. The minimum atomic E-state index is -0.396. The number of nitrogens with zero attached hydrogens (tertiary/aromatic N) is 1. The number of imide groups is 1. The van der Waals surface area contributed by atoms with E-state index >= 15 is 0 Å². The molecule has 0 saturated carbocycles. The molecule has 0 atom stereocenters. The average molecular weight is 306 g/mol. The first-order valence-electron chi connectivity index (χ1n) is 6.66. The topological polar surface area (TPSA) is 77.1 Å². The monoisotopic (exact) mass is 306 g/mol. The molecule has 0 unspecified atom stereocenters. The van der Waals surface area contributed by atoms with Crippen LogP contribution in [-0.4, -0.2) is 51.2 Å². The molecule has 2 rings (SSSR count). The Bertz CT molecular complexity index is 612. The number of carbonyl (C=O) groups excluding carboxylic acids is 2. The normalized spacial score (nSPS) is 14.1. The van der Waals surface area contributed by atoms with E-state index in [2.05, 4.69) is 5.32 Å². The molecular weight excluding hydrogens is 288 g/mol. The highest BCUT2D eigenvalue weighted by Crippen LogP contribution is 2.30. The van der Waals surface area contributed by atoms with Crippen molar-refractivity contribution >= 4 is 17.5 Å². The van der Waals surface area contributed by atoms with Crippen molar-refractivity contribution in [2.24, 2.45) is 0 Å². The van der Waals surface area contributed by atoms with Crippen molar-refractivity contribution in [1.82, 2.24) is 4.90 Å². The van der Waals surface area contributed by atoms with Gasteiger partial charge in [0.15, 0.2) is 0 Å². The molecule has 0 spiro atoms. The number of rotatable bonds is 7. The van der Waals surface area contributed by atoms with Gasteiger partial charge in [-0.15, -0.1) is 0 Å². The number of ether oxygens (including phenoxy) is 3. The fourth-order valence-electron chi connectivity index (χ4n) is 2.05. The van der Waals surface area contributed by atoms with E-state index in [-0.39, 0.29) is 18.1 Å². The third-order valence-corrected chi connectivity index (χ3v) is 3.20. The molecule has 22 heavy (non-hydrogen) atoms. The first-order chi connectivity index (χ1) is 10.6. The first-order valence-corrected chi connectivity index (χ1v) is 6.66. The highest BCUT2D eigenvalue weighted by atomic mass is 16.5. The van der Waals surface area contributed by atoms with Gasteiger partial charge in [-0.05, 0) is 12.1 Å². The predicted molar refractivity (Wildman–Crippen MR) is 79.8 cm³/mol. The Labute approximate surface area is 128 Å². The van der Waals surface area contributed by atoms with Crippen molar-refractivity contribution in [2.75, 3.05) is 39.8 Å². The van der Waals surface area contributed by atoms with Crippen molar-refractivity contribution < 1.29 is 23.8 Å². The van der Waals surface area contributed by atoms with Gasteiger partial charge in [-0.25, -0.2) is 0 Å². The number of anilines is 1. The number of carbonyl (C=O) groups is 2. The second-order valence-corrected chi connectivity index (χ2v) is 4.54. The summed E-state index contributed by atoms with van der Waals surface area (Å²) < 4.78 is 15.3. The highest BCUT2D eigenvalue weighted by molar-refractivity contribution is 6.17. The van der Waals surface area contributed by atoms with E-state index in [1.807, 2.05) is 0 Å². The molecule has 0 aliphatic carbocycles. The Morgan fingerprint density at radius 3 is 2.55 bits per heavy atom. The molecule has 1 N–H and O–H groups in total. The highest BCUT2D eigenvalue weighted by Gasteiger charge is 2.31. The van der Waals surface area contributed by atoms with Gasteiger partial charge < -0.3 is 19.5 Å². The summed E-state index contributed by atoms with van der Waals surface area (Å²) in [6.45, 7) is 0.506. The van der Waals surface area contributed by atoms with Gasteiger partial charge in [0.1, 0.15) is 17.2 Å². The second-order valence-electron chi connectivity index (χ2n) is 4.54. The lowest BCUT2D eigenvalue weighted by molar-refractivity contribution is -0.137. The summed E-state index contributed by atoms with van der Waals surface area (Å²) in [5, 5.41) is 2.92. The number of amides is 2.